The van der Waals surface area contributed by atoms with Crippen molar-refractivity contribution in [1.29, 1.82) is 0 Å². The summed E-state index contributed by atoms with van der Waals surface area (Å²) in [5.41, 5.74) is 0.569. The van der Waals surface area contributed by atoms with E-state index in [2.05, 4.69) is 33.0 Å². The number of rotatable bonds is 3. The largest absolute Gasteiger partial charge is 0.313 e. The highest BCUT2D eigenvalue weighted by Crippen LogP contribution is 2.41. The lowest BCUT2D eigenvalue weighted by Crippen LogP contribution is -2.35. The Balaban J connectivity index is 1.74. The fourth-order valence-corrected chi connectivity index (χ4v) is 4.00. The van der Waals surface area contributed by atoms with Crippen LogP contribution < -0.4 is 5.32 Å². The Labute approximate surface area is 101 Å². The second-order valence-corrected chi connectivity index (χ2v) is 7.35. The summed E-state index contributed by atoms with van der Waals surface area (Å²) in [7, 11) is 0. The first-order valence-electron chi connectivity index (χ1n) is 7.20. The number of nitrogens with one attached hydrogen (secondary N) is 1. The normalized spacial score (nSPS) is 42.8. The molecule has 4 unspecified atom stereocenters. The number of hydrogen-bond acceptors (Lipinski definition) is 1. The van der Waals surface area contributed by atoms with Gasteiger partial charge in [-0.2, -0.15) is 0 Å². The molecule has 2 aliphatic carbocycles. The van der Waals surface area contributed by atoms with Crippen molar-refractivity contribution in [1.82, 2.24) is 5.32 Å². The van der Waals surface area contributed by atoms with Gasteiger partial charge in [0.25, 0.3) is 0 Å². The minimum Gasteiger partial charge on any atom is -0.313 e. The van der Waals surface area contributed by atoms with Gasteiger partial charge in [0, 0.05) is 6.04 Å². The van der Waals surface area contributed by atoms with Crippen molar-refractivity contribution in [3.8, 4) is 0 Å². The maximum absolute atomic E-state index is 3.85. The SMILES string of the molecule is CC1CCC(CNC2CC(C)(C)CC2C)C1. The van der Waals surface area contributed by atoms with Crippen molar-refractivity contribution in [2.75, 3.05) is 6.54 Å². The predicted octanol–water partition coefficient (Wildman–Crippen LogP) is 3.84. The Morgan fingerprint density at radius 3 is 2.38 bits per heavy atom. The smallest absolute Gasteiger partial charge is 0.00980 e. The Kier molecular flexibility index (Phi) is 3.63. The third-order valence-electron chi connectivity index (χ3n) is 4.81. The van der Waals surface area contributed by atoms with Crippen LogP contribution in [0.3, 0.4) is 0 Å². The molecule has 94 valence electrons. The molecule has 0 aromatic rings. The van der Waals surface area contributed by atoms with E-state index in [0.717, 1.165) is 23.8 Å². The molecule has 2 fully saturated rings. The first-order chi connectivity index (χ1) is 7.46. The Bertz CT molecular complexity index is 234. The van der Waals surface area contributed by atoms with Gasteiger partial charge >= 0.3 is 0 Å². The summed E-state index contributed by atoms with van der Waals surface area (Å²) >= 11 is 0. The highest BCUT2D eigenvalue weighted by Gasteiger charge is 2.36. The highest BCUT2D eigenvalue weighted by atomic mass is 14.9. The molecule has 0 aromatic heterocycles. The van der Waals surface area contributed by atoms with Gasteiger partial charge in [-0.3, -0.25) is 0 Å². The molecule has 0 heterocycles. The molecule has 0 bridgehead atoms. The summed E-state index contributed by atoms with van der Waals surface area (Å²) in [4.78, 5) is 0. The van der Waals surface area contributed by atoms with Crippen LogP contribution in [0.1, 0.15) is 59.8 Å². The average molecular weight is 223 g/mol. The Morgan fingerprint density at radius 1 is 1.12 bits per heavy atom. The Morgan fingerprint density at radius 2 is 1.88 bits per heavy atom. The highest BCUT2D eigenvalue weighted by molar-refractivity contribution is 4.91. The van der Waals surface area contributed by atoms with Gasteiger partial charge in [-0.25, -0.2) is 0 Å². The molecule has 0 aliphatic heterocycles. The third kappa shape index (κ3) is 3.00. The molecule has 2 aliphatic rings. The molecule has 1 nitrogen and oxygen atoms in total. The molecule has 16 heavy (non-hydrogen) atoms. The molecule has 0 aromatic carbocycles. The molecule has 2 saturated carbocycles. The molecule has 1 N–H and O–H groups in total. The summed E-state index contributed by atoms with van der Waals surface area (Å²) in [6.45, 7) is 10.9. The van der Waals surface area contributed by atoms with Gasteiger partial charge < -0.3 is 5.32 Å². The first-order valence-corrected chi connectivity index (χ1v) is 7.20. The molecule has 0 spiro atoms. The van der Waals surface area contributed by atoms with E-state index in [-0.39, 0.29) is 0 Å². The maximum atomic E-state index is 3.85. The van der Waals surface area contributed by atoms with Crippen LogP contribution in [-0.2, 0) is 0 Å². The number of hydrogen-bond donors (Lipinski definition) is 1. The lowest BCUT2D eigenvalue weighted by atomic mass is 9.91. The fraction of sp³-hybridized carbons (Fsp3) is 1.00. The van der Waals surface area contributed by atoms with Crippen LogP contribution in [0, 0.1) is 23.2 Å². The summed E-state index contributed by atoms with van der Waals surface area (Å²) in [6.07, 6.45) is 7.14. The molecular formula is C15H29N. The van der Waals surface area contributed by atoms with Crippen LogP contribution >= 0.6 is 0 Å². The van der Waals surface area contributed by atoms with Crippen LogP contribution in [0.4, 0.5) is 0 Å². The van der Waals surface area contributed by atoms with E-state index in [4.69, 9.17) is 0 Å². The van der Waals surface area contributed by atoms with Gasteiger partial charge in [0.1, 0.15) is 0 Å². The molecule has 2 rings (SSSR count). The minimum atomic E-state index is 0.569. The summed E-state index contributed by atoms with van der Waals surface area (Å²) in [6, 6.07) is 0.783. The first kappa shape index (κ1) is 12.4. The maximum Gasteiger partial charge on any atom is 0.00980 e. The lowest BCUT2D eigenvalue weighted by molar-refractivity contribution is 0.355. The van der Waals surface area contributed by atoms with Crippen molar-refractivity contribution >= 4 is 0 Å². The third-order valence-corrected chi connectivity index (χ3v) is 4.81. The van der Waals surface area contributed by atoms with Crippen molar-refractivity contribution in [2.24, 2.45) is 23.2 Å². The van der Waals surface area contributed by atoms with Crippen LogP contribution in [-0.4, -0.2) is 12.6 Å². The van der Waals surface area contributed by atoms with E-state index in [9.17, 15) is 0 Å². The van der Waals surface area contributed by atoms with E-state index < -0.39 is 0 Å². The van der Waals surface area contributed by atoms with E-state index in [0.29, 0.717) is 5.41 Å². The molecule has 0 radical (unpaired) electrons. The van der Waals surface area contributed by atoms with Gasteiger partial charge in [0.2, 0.25) is 0 Å². The topological polar surface area (TPSA) is 12.0 Å². The summed E-state index contributed by atoms with van der Waals surface area (Å²) < 4.78 is 0. The van der Waals surface area contributed by atoms with Gasteiger partial charge in [-0.05, 0) is 55.4 Å². The quantitative estimate of drug-likeness (QED) is 0.766. The van der Waals surface area contributed by atoms with Gasteiger partial charge in [-0.1, -0.05) is 34.1 Å². The molecule has 0 amide bonds. The second-order valence-electron chi connectivity index (χ2n) is 7.35. The summed E-state index contributed by atoms with van der Waals surface area (Å²) in [5.74, 6) is 2.81. The van der Waals surface area contributed by atoms with E-state index in [1.807, 2.05) is 0 Å². The average Bonchev–Trinajstić information content (AvgIpc) is 2.67. The minimum absolute atomic E-state index is 0.569. The monoisotopic (exact) mass is 223 g/mol. The summed E-state index contributed by atoms with van der Waals surface area (Å²) in [5, 5.41) is 3.85. The Hall–Kier alpha value is -0.0400. The molecular weight excluding hydrogens is 194 g/mol. The van der Waals surface area contributed by atoms with Gasteiger partial charge in [0.15, 0.2) is 0 Å². The standard InChI is InChI=1S/C15H29N/c1-11-5-6-13(7-11)10-16-14-9-15(3,4)8-12(14)2/h11-14,16H,5-10H2,1-4H3. The molecule has 1 heteroatoms. The van der Waals surface area contributed by atoms with E-state index in [1.165, 1.54) is 38.6 Å². The zero-order valence-corrected chi connectivity index (χ0v) is 11.6. The zero-order valence-electron chi connectivity index (χ0n) is 11.6. The van der Waals surface area contributed by atoms with Gasteiger partial charge in [0.05, 0.1) is 0 Å². The van der Waals surface area contributed by atoms with E-state index >= 15 is 0 Å². The predicted molar refractivity (Wildman–Crippen MR) is 70.5 cm³/mol. The van der Waals surface area contributed by atoms with Gasteiger partial charge in [-0.15, -0.1) is 0 Å². The van der Waals surface area contributed by atoms with Crippen LogP contribution in [0.2, 0.25) is 0 Å². The lowest BCUT2D eigenvalue weighted by Gasteiger charge is -2.21. The molecule has 0 saturated heterocycles. The molecule has 4 atom stereocenters. The van der Waals surface area contributed by atoms with E-state index in [1.54, 1.807) is 0 Å². The van der Waals surface area contributed by atoms with Crippen molar-refractivity contribution in [3.05, 3.63) is 0 Å². The van der Waals surface area contributed by atoms with Crippen molar-refractivity contribution in [3.63, 3.8) is 0 Å². The fourth-order valence-electron chi connectivity index (χ4n) is 4.00. The zero-order chi connectivity index (χ0) is 11.8. The van der Waals surface area contributed by atoms with Crippen LogP contribution in [0.15, 0.2) is 0 Å². The van der Waals surface area contributed by atoms with Crippen molar-refractivity contribution < 1.29 is 0 Å². The van der Waals surface area contributed by atoms with Crippen molar-refractivity contribution in [2.45, 2.75) is 65.8 Å². The van der Waals surface area contributed by atoms with Crippen LogP contribution in [0.25, 0.3) is 0 Å². The second kappa shape index (κ2) is 4.68. The van der Waals surface area contributed by atoms with Crippen LogP contribution in [0.5, 0.6) is 0 Å².